The van der Waals surface area contributed by atoms with E-state index in [2.05, 4.69) is 0 Å². The van der Waals surface area contributed by atoms with Crippen molar-refractivity contribution in [2.45, 2.75) is 32.7 Å². The van der Waals surface area contributed by atoms with Crippen LogP contribution >= 0.6 is 0 Å². The number of ether oxygens (including phenoxy) is 2. The number of carbonyl (C=O) groups excluding carboxylic acids is 2. The van der Waals surface area contributed by atoms with Gasteiger partial charge < -0.3 is 23.9 Å². The molecular weight excluding hydrogens is 554 g/mol. The number of benzene rings is 4. The first-order chi connectivity index (χ1) is 21.5. The lowest BCUT2D eigenvalue weighted by Crippen LogP contribution is -2.29. The maximum absolute atomic E-state index is 13.5. The molecule has 1 amide bonds. The van der Waals surface area contributed by atoms with Gasteiger partial charge in [-0.3, -0.25) is 9.59 Å². The normalized spacial score (nSPS) is 15.8. The maximum Gasteiger partial charge on any atom is 0.296 e. The van der Waals surface area contributed by atoms with Gasteiger partial charge in [-0.15, -0.1) is 0 Å². The van der Waals surface area contributed by atoms with E-state index in [1.807, 2.05) is 79.7 Å². The van der Waals surface area contributed by atoms with E-state index in [4.69, 9.17) is 13.9 Å². The fraction of sp³-hybridized carbons (Fsp3) is 0.135. The molecule has 7 nitrogen and oxygen atoms in total. The number of Topliss-reactive ketones (excluding diaryl/α,β-unsaturated/α-hetero) is 1. The molecule has 2 heterocycles. The Balaban J connectivity index is 1.31. The Morgan fingerprint density at radius 2 is 1.45 bits per heavy atom. The van der Waals surface area contributed by atoms with Gasteiger partial charge >= 0.3 is 0 Å². The van der Waals surface area contributed by atoms with Gasteiger partial charge in [-0.25, -0.2) is 0 Å². The highest BCUT2D eigenvalue weighted by atomic mass is 16.5. The molecule has 0 saturated carbocycles. The van der Waals surface area contributed by atoms with Crippen LogP contribution in [-0.2, 0) is 29.3 Å². The standard InChI is InChI=1S/C37H31NO6/c1-25-21-29(16-19-32(25)44-24-27-11-6-3-7-12-27)35(39)33-34(38(37(41)36(33)40)22-31-13-8-20-42-31)28-14-17-30(18-15-28)43-23-26-9-4-2-5-10-26/h2-21,34,39H,22-24H2,1H3/b35-33+. The topological polar surface area (TPSA) is 89.2 Å². The molecule has 1 N–H and O–H groups in total. The summed E-state index contributed by atoms with van der Waals surface area (Å²) in [7, 11) is 0. The molecule has 4 aromatic carbocycles. The summed E-state index contributed by atoms with van der Waals surface area (Å²) >= 11 is 0. The van der Waals surface area contributed by atoms with Crippen LogP contribution in [0, 0.1) is 6.92 Å². The number of furan rings is 1. The van der Waals surface area contributed by atoms with Crippen LogP contribution in [0.3, 0.4) is 0 Å². The molecule has 0 radical (unpaired) electrons. The molecule has 0 aliphatic carbocycles. The zero-order valence-corrected chi connectivity index (χ0v) is 24.2. The first kappa shape index (κ1) is 28.6. The molecular formula is C37H31NO6. The Morgan fingerprint density at radius 1 is 0.795 bits per heavy atom. The minimum atomic E-state index is -0.836. The van der Waals surface area contributed by atoms with Crippen molar-refractivity contribution < 1.29 is 28.6 Å². The van der Waals surface area contributed by atoms with Crippen LogP contribution in [0.4, 0.5) is 0 Å². The maximum atomic E-state index is 13.5. The third-order valence-corrected chi connectivity index (χ3v) is 7.58. The van der Waals surface area contributed by atoms with E-state index >= 15 is 0 Å². The average Bonchev–Trinajstić information content (AvgIpc) is 3.66. The molecule has 7 heteroatoms. The molecule has 220 valence electrons. The molecule has 1 aromatic heterocycles. The average molecular weight is 586 g/mol. The Labute approximate surface area is 255 Å². The number of hydrogen-bond acceptors (Lipinski definition) is 6. The van der Waals surface area contributed by atoms with Crippen molar-refractivity contribution in [3.63, 3.8) is 0 Å². The second-order valence-corrected chi connectivity index (χ2v) is 10.6. The van der Waals surface area contributed by atoms with Gasteiger partial charge in [0.15, 0.2) is 0 Å². The van der Waals surface area contributed by atoms with Gasteiger partial charge in [0, 0.05) is 5.56 Å². The number of amides is 1. The third kappa shape index (κ3) is 6.13. The third-order valence-electron chi connectivity index (χ3n) is 7.58. The zero-order chi connectivity index (χ0) is 30.5. The van der Waals surface area contributed by atoms with E-state index in [9.17, 15) is 14.7 Å². The lowest BCUT2D eigenvalue weighted by molar-refractivity contribution is -0.140. The minimum absolute atomic E-state index is 0.0110. The number of aliphatic hydroxyl groups excluding tert-OH is 1. The predicted octanol–water partition coefficient (Wildman–Crippen LogP) is 7.37. The molecule has 0 bridgehead atoms. The predicted molar refractivity (Wildman–Crippen MR) is 166 cm³/mol. The molecule has 44 heavy (non-hydrogen) atoms. The molecule has 1 aliphatic heterocycles. The molecule has 6 rings (SSSR count). The molecule has 0 spiro atoms. The summed E-state index contributed by atoms with van der Waals surface area (Å²) in [6, 6.07) is 34.7. The summed E-state index contributed by atoms with van der Waals surface area (Å²) in [5.74, 6) is 0.101. The lowest BCUT2D eigenvalue weighted by Gasteiger charge is -2.24. The first-order valence-electron chi connectivity index (χ1n) is 14.3. The quantitative estimate of drug-likeness (QED) is 0.105. The summed E-state index contributed by atoms with van der Waals surface area (Å²) in [6.07, 6.45) is 1.52. The Morgan fingerprint density at radius 3 is 2.07 bits per heavy atom. The Bertz CT molecular complexity index is 1780. The van der Waals surface area contributed by atoms with E-state index in [0.717, 1.165) is 16.7 Å². The number of aryl methyl sites for hydroxylation is 1. The van der Waals surface area contributed by atoms with Gasteiger partial charge in [0.1, 0.15) is 36.2 Å². The van der Waals surface area contributed by atoms with Crippen molar-refractivity contribution in [3.05, 3.63) is 161 Å². The first-order valence-corrected chi connectivity index (χ1v) is 14.3. The van der Waals surface area contributed by atoms with E-state index < -0.39 is 17.7 Å². The van der Waals surface area contributed by atoms with Crippen molar-refractivity contribution in [1.82, 2.24) is 4.90 Å². The molecule has 1 atom stereocenters. The number of rotatable bonds is 10. The number of nitrogens with zero attached hydrogens (tertiary/aromatic N) is 1. The van der Waals surface area contributed by atoms with E-state index in [1.165, 1.54) is 11.2 Å². The van der Waals surface area contributed by atoms with Crippen LogP contribution in [0.25, 0.3) is 5.76 Å². The summed E-state index contributed by atoms with van der Waals surface area (Å²) < 4.78 is 17.4. The van der Waals surface area contributed by atoms with Gasteiger partial charge in [-0.2, -0.15) is 0 Å². The Kier molecular flexibility index (Phi) is 8.28. The Hall–Kier alpha value is -5.56. The van der Waals surface area contributed by atoms with Gasteiger partial charge in [0.2, 0.25) is 0 Å². The van der Waals surface area contributed by atoms with Gasteiger partial charge in [0.25, 0.3) is 11.7 Å². The number of aliphatic hydroxyl groups is 1. The van der Waals surface area contributed by atoms with Gasteiger partial charge in [-0.1, -0.05) is 72.8 Å². The highest BCUT2D eigenvalue weighted by Gasteiger charge is 2.46. The van der Waals surface area contributed by atoms with Gasteiger partial charge in [-0.05, 0) is 71.6 Å². The summed E-state index contributed by atoms with van der Waals surface area (Å²) in [5, 5.41) is 11.6. The fourth-order valence-corrected chi connectivity index (χ4v) is 5.30. The van der Waals surface area contributed by atoms with Crippen LogP contribution < -0.4 is 9.47 Å². The van der Waals surface area contributed by atoms with Crippen molar-refractivity contribution >= 4 is 17.4 Å². The number of likely N-dealkylation sites (tertiary alicyclic amines) is 1. The second kappa shape index (κ2) is 12.8. The summed E-state index contributed by atoms with van der Waals surface area (Å²) in [4.78, 5) is 28.3. The fourth-order valence-electron chi connectivity index (χ4n) is 5.30. The van der Waals surface area contributed by atoms with E-state index in [-0.39, 0.29) is 17.9 Å². The number of ketones is 1. The zero-order valence-electron chi connectivity index (χ0n) is 24.2. The molecule has 1 unspecified atom stereocenters. The second-order valence-electron chi connectivity index (χ2n) is 10.6. The van der Waals surface area contributed by atoms with Crippen LogP contribution in [-0.4, -0.2) is 21.7 Å². The number of carbonyl (C=O) groups is 2. The highest BCUT2D eigenvalue weighted by Crippen LogP contribution is 2.41. The van der Waals surface area contributed by atoms with E-state index in [1.54, 1.807) is 42.5 Å². The van der Waals surface area contributed by atoms with Crippen molar-refractivity contribution in [3.8, 4) is 11.5 Å². The molecule has 1 saturated heterocycles. The SMILES string of the molecule is Cc1cc(/C(O)=C2\C(=O)C(=O)N(Cc3ccco3)C2c2ccc(OCc3ccccc3)cc2)ccc1OCc1ccccc1. The number of hydrogen-bond donors (Lipinski definition) is 1. The van der Waals surface area contributed by atoms with Gasteiger partial charge in [0.05, 0.1) is 24.4 Å². The smallest absolute Gasteiger partial charge is 0.296 e. The molecule has 1 fully saturated rings. The van der Waals surface area contributed by atoms with Crippen LogP contribution in [0.2, 0.25) is 0 Å². The van der Waals surface area contributed by atoms with E-state index in [0.29, 0.717) is 41.6 Å². The van der Waals surface area contributed by atoms with Crippen LogP contribution in [0.5, 0.6) is 11.5 Å². The van der Waals surface area contributed by atoms with Crippen molar-refractivity contribution in [1.29, 1.82) is 0 Å². The minimum Gasteiger partial charge on any atom is -0.507 e. The summed E-state index contributed by atoms with van der Waals surface area (Å²) in [5.41, 5.74) is 3.94. The molecule has 5 aromatic rings. The lowest BCUT2D eigenvalue weighted by atomic mass is 9.94. The monoisotopic (exact) mass is 585 g/mol. The molecule has 1 aliphatic rings. The van der Waals surface area contributed by atoms with Crippen LogP contribution in [0.1, 0.15) is 39.6 Å². The van der Waals surface area contributed by atoms with Crippen molar-refractivity contribution in [2.24, 2.45) is 0 Å². The van der Waals surface area contributed by atoms with Crippen LogP contribution in [0.15, 0.2) is 132 Å². The highest BCUT2D eigenvalue weighted by molar-refractivity contribution is 6.46. The largest absolute Gasteiger partial charge is 0.507 e. The summed E-state index contributed by atoms with van der Waals surface area (Å²) in [6.45, 7) is 2.74. The van der Waals surface area contributed by atoms with Crippen molar-refractivity contribution in [2.75, 3.05) is 0 Å².